The standard InChI is InChI=1S/C16H33N3/c1-3-9-18-12-6-7-16(8-13-18)17-15(2)14-19-10-4-5-11-19/h15-17H,3-14H2,1-2H3. The largest absolute Gasteiger partial charge is 0.310 e. The molecule has 0 aromatic heterocycles. The highest BCUT2D eigenvalue weighted by Gasteiger charge is 2.20. The first-order valence-corrected chi connectivity index (χ1v) is 8.48. The Morgan fingerprint density at radius 3 is 2.47 bits per heavy atom. The molecule has 0 aromatic rings. The summed E-state index contributed by atoms with van der Waals surface area (Å²) in [5, 5.41) is 3.88. The van der Waals surface area contributed by atoms with Gasteiger partial charge in [0.2, 0.25) is 0 Å². The van der Waals surface area contributed by atoms with Crippen molar-refractivity contribution in [3.63, 3.8) is 0 Å². The van der Waals surface area contributed by atoms with Gasteiger partial charge in [0.15, 0.2) is 0 Å². The van der Waals surface area contributed by atoms with Gasteiger partial charge in [0.05, 0.1) is 0 Å². The third-order valence-corrected chi connectivity index (χ3v) is 4.61. The average Bonchev–Trinajstić information content (AvgIpc) is 2.78. The van der Waals surface area contributed by atoms with Gasteiger partial charge in [-0.3, -0.25) is 0 Å². The lowest BCUT2D eigenvalue weighted by Crippen LogP contribution is -2.43. The van der Waals surface area contributed by atoms with Crippen molar-refractivity contribution < 1.29 is 0 Å². The second-order valence-electron chi connectivity index (χ2n) is 6.54. The Balaban J connectivity index is 1.66. The number of hydrogen-bond acceptors (Lipinski definition) is 3. The summed E-state index contributed by atoms with van der Waals surface area (Å²) in [6.07, 6.45) is 8.18. The predicted octanol–water partition coefficient (Wildman–Crippen LogP) is 2.32. The highest BCUT2D eigenvalue weighted by molar-refractivity contribution is 4.79. The molecule has 0 aromatic carbocycles. The molecule has 3 nitrogen and oxygen atoms in total. The molecule has 2 saturated heterocycles. The van der Waals surface area contributed by atoms with Gasteiger partial charge >= 0.3 is 0 Å². The van der Waals surface area contributed by atoms with Crippen LogP contribution in [0.15, 0.2) is 0 Å². The number of nitrogens with one attached hydrogen (secondary N) is 1. The molecule has 0 saturated carbocycles. The Morgan fingerprint density at radius 1 is 1.00 bits per heavy atom. The van der Waals surface area contributed by atoms with Crippen molar-refractivity contribution in [1.29, 1.82) is 0 Å². The Kier molecular flexibility index (Phi) is 6.62. The molecule has 3 heteroatoms. The summed E-state index contributed by atoms with van der Waals surface area (Å²) >= 11 is 0. The van der Waals surface area contributed by atoms with E-state index in [1.54, 1.807) is 0 Å². The molecule has 2 aliphatic rings. The minimum Gasteiger partial charge on any atom is -0.310 e. The van der Waals surface area contributed by atoms with Crippen molar-refractivity contribution in [3.8, 4) is 0 Å². The fraction of sp³-hybridized carbons (Fsp3) is 1.00. The van der Waals surface area contributed by atoms with E-state index < -0.39 is 0 Å². The molecule has 2 aliphatic heterocycles. The molecule has 2 fully saturated rings. The maximum Gasteiger partial charge on any atom is 0.0169 e. The van der Waals surface area contributed by atoms with Gasteiger partial charge in [-0.05, 0) is 78.2 Å². The Bertz CT molecular complexity index is 238. The minimum atomic E-state index is 0.654. The summed E-state index contributed by atoms with van der Waals surface area (Å²) in [7, 11) is 0. The van der Waals surface area contributed by atoms with Crippen LogP contribution < -0.4 is 5.32 Å². The summed E-state index contributed by atoms with van der Waals surface area (Å²) < 4.78 is 0. The first-order chi connectivity index (χ1) is 9.28. The quantitative estimate of drug-likeness (QED) is 0.797. The lowest BCUT2D eigenvalue weighted by molar-refractivity contribution is 0.268. The van der Waals surface area contributed by atoms with Crippen molar-refractivity contribution in [2.75, 3.05) is 39.3 Å². The van der Waals surface area contributed by atoms with Crippen LogP contribution in [0.1, 0.15) is 52.4 Å². The lowest BCUT2D eigenvalue weighted by atomic mass is 10.1. The molecule has 0 radical (unpaired) electrons. The van der Waals surface area contributed by atoms with Crippen LogP contribution in [-0.2, 0) is 0 Å². The van der Waals surface area contributed by atoms with Crippen LogP contribution in [0.25, 0.3) is 0 Å². The fourth-order valence-electron chi connectivity index (χ4n) is 3.67. The summed E-state index contributed by atoms with van der Waals surface area (Å²) in [6, 6.07) is 1.40. The zero-order chi connectivity index (χ0) is 13.5. The van der Waals surface area contributed by atoms with Gasteiger partial charge < -0.3 is 15.1 Å². The second kappa shape index (κ2) is 8.23. The van der Waals surface area contributed by atoms with Crippen molar-refractivity contribution in [1.82, 2.24) is 15.1 Å². The van der Waals surface area contributed by atoms with Crippen LogP contribution in [0.3, 0.4) is 0 Å². The first-order valence-electron chi connectivity index (χ1n) is 8.48. The highest BCUT2D eigenvalue weighted by atomic mass is 15.2. The zero-order valence-electron chi connectivity index (χ0n) is 13.0. The molecule has 2 unspecified atom stereocenters. The highest BCUT2D eigenvalue weighted by Crippen LogP contribution is 2.13. The number of rotatable bonds is 6. The van der Waals surface area contributed by atoms with Crippen LogP contribution in [-0.4, -0.2) is 61.2 Å². The molecule has 112 valence electrons. The monoisotopic (exact) mass is 267 g/mol. The molecular formula is C16H33N3. The molecule has 2 rings (SSSR count). The normalized spacial score (nSPS) is 28.4. The summed E-state index contributed by atoms with van der Waals surface area (Å²) in [5.74, 6) is 0. The van der Waals surface area contributed by atoms with E-state index in [-0.39, 0.29) is 0 Å². The third kappa shape index (κ3) is 5.41. The van der Waals surface area contributed by atoms with Gasteiger partial charge in [-0.1, -0.05) is 6.92 Å². The van der Waals surface area contributed by atoms with Gasteiger partial charge in [0.25, 0.3) is 0 Å². The molecule has 2 heterocycles. The predicted molar refractivity (Wildman–Crippen MR) is 82.6 cm³/mol. The Hall–Kier alpha value is -0.120. The maximum atomic E-state index is 3.88. The molecule has 2 atom stereocenters. The van der Waals surface area contributed by atoms with E-state index in [4.69, 9.17) is 0 Å². The summed E-state index contributed by atoms with van der Waals surface area (Å²) in [6.45, 7) is 12.4. The molecule has 0 aliphatic carbocycles. The minimum absolute atomic E-state index is 0.654. The van der Waals surface area contributed by atoms with E-state index in [1.165, 1.54) is 77.8 Å². The van der Waals surface area contributed by atoms with E-state index in [0.29, 0.717) is 6.04 Å². The van der Waals surface area contributed by atoms with E-state index >= 15 is 0 Å². The van der Waals surface area contributed by atoms with E-state index in [9.17, 15) is 0 Å². The average molecular weight is 267 g/mol. The molecule has 0 spiro atoms. The van der Waals surface area contributed by atoms with Crippen molar-refractivity contribution in [2.45, 2.75) is 64.5 Å². The van der Waals surface area contributed by atoms with E-state index in [2.05, 4.69) is 29.0 Å². The molecule has 19 heavy (non-hydrogen) atoms. The molecule has 1 N–H and O–H groups in total. The van der Waals surface area contributed by atoms with Crippen molar-refractivity contribution >= 4 is 0 Å². The van der Waals surface area contributed by atoms with E-state index in [1.807, 2.05) is 0 Å². The Morgan fingerprint density at radius 2 is 1.74 bits per heavy atom. The summed E-state index contributed by atoms with van der Waals surface area (Å²) in [4.78, 5) is 5.27. The van der Waals surface area contributed by atoms with Crippen molar-refractivity contribution in [3.05, 3.63) is 0 Å². The number of hydrogen-bond donors (Lipinski definition) is 1. The van der Waals surface area contributed by atoms with E-state index in [0.717, 1.165) is 6.04 Å². The van der Waals surface area contributed by atoms with Crippen LogP contribution in [0.4, 0.5) is 0 Å². The second-order valence-corrected chi connectivity index (χ2v) is 6.54. The van der Waals surface area contributed by atoms with Gasteiger partial charge in [-0.2, -0.15) is 0 Å². The van der Waals surface area contributed by atoms with Crippen LogP contribution in [0.2, 0.25) is 0 Å². The van der Waals surface area contributed by atoms with Crippen LogP contribution in [0, 0.1) is 0 Å². The first kappa shape index (κ1) is 15.3. The van der Waals surface area contributed by atoms with Crippen LogP contribution in [0.5, 0.6) is 0 Å². The molecule has 0 amide bonds. The molecular weight excluding hydrogens is 234 g/mol. The fourth-order valence-corrected chi connectivity index (χ4v) is 3.67. The van der Waals surface area contributed by atoms with Gasteiger partial charge in [0, 0.05) is 18.6 Å². The van der Waals surface area contributed by atoms with Gasteiger partial charge in [0.1, 0.15) is 0 Å². The smallest absolute Gasteiger partial charge is 0.0169 e. The third-order valence-electron chi connectivity index (χ3n) is 4.61. The van der Waals surface area contributed by atoms with Gasteiger partial charge in [-0.15, -0.1) is 0 Å². The van der Waals surface area contributed by atoms with Gasteiger partial charge in [-0.25, -0.2) is 0 Å². The lowest BCUT2D eigenvalue weighted by Gasteiger charge is -2.26. The SMILES string of the molecule is CCCN1CCCC(NC(C)CN2CCCC2)CC1. The molecule has 0 bridgehead atoms. The Labute approximate surface area is 119 Å². The number of likely N-dealkylation sites (tertiary alicyclic amines) is 2. The number of nitrogens with zero attached hydrogens (tertiary/aromatic N) is 2. The summed E-state index contributed by atoms with van der Waals surface area (Å²) in [5.41, 5.74) is 0. The van der Waals surface area contributed by atoms with Crippen LogP contribution >= 0.6 is 0 Å². The van der Waals surface area contributed by atoms with Crippen molar-refractivity contribution in [2.24, 2.45) is 0 Å². The topological polar surface area (TPSA) is 18.5 Å². The maximum absolute atomic E-state index is 3.88. The zero-order valence-corrected chi connectivity index (χ0v) is 13.0.